The van der Waals surface area contributed by atoms with Gasteiger partial charge in [-0.05, 0) is 78.6 Å². The van der Waals surface area contributed by atoms with Gasteiger partial charge in [0, 0.05) is 43.0 Å². The van der Waals surface area contributed by atoms with E-state index in [1.807, 2.05) is 23.1 Å². The van der Waals surface area contributed by atoms with Crippen LogP contribution in [-0.4, -0.2) is 34.7 Å². The van der Waals surface area contributed by atoms with Crippen LogP contribution in [0.5, 0.6) is 0 Å². The summed E-state index contributed by atoms with van der Waals surface area (Å²) in [5, 5.41) is 0. The molecule has 0 saturated heterocycles. The quantitative estimate of drug-likeness (QED) is 0.509. The summed E-state index contributed by atoms with van der Waals surface area (Å²) < 4.78 is 0. The van der Waals surface area contributed by atoms with Crippen molar-refractivity contribution in [3.63, 3.8) is 0 Å². The van der Waals surface area contributed by atoms with Gasteiger partial charge in [-0.1, -0.05) is 37.6 Å². The summed E-state index contributed by atoms with van der Waals surface area (Å²) in [6, 6.07) is 16.7. The first-order valence-electron chi connectivity index (χ1n) is 12.9. The third-order valence-corrected chi connectivity index (χ3v) is 7.83. The van der Waals surface area contributed by atoms with Crippen LogP contribution in [-0.2, 0) is 25.8 Å². The number of carbonyl (C=O) groups is 2. The minimum Gasteiger partial charge on any atom is -0.334 e. The summed E-state index contributed by atoms with van der Waals surface area (Å²) in [7, 11) is 0. The molecule has 1 aliphatic carbocycles. The van der Waals surface area contributed by atoms with E-state index in [9.17, 15) is 9.59 Å². The number of pyridine rings is 1. The highest BCUT2D eigenvalue weighted by molar-refractivity contribution is 6.02. The first kappa shape index (κ1) is 22.0. The number of Topliss-reactive ketones (excluding diaryl/α,β-unsaturated/α-hetero) is 1. The molecule has 1 atom stereocenters. The van der Waals surface area contributed by atoms with Gasteiger partial charge in [-0.2, -0.15) is 0 Å². The lowest BCUT2D eigenvalue weighted by atomic mass is 9.98. The number of benzene rings is 2. The van der Waals surface area contributed by atoms with Gasteiger partial charge < -0.3 is 9.80 Å². The fourth-order valence-corrected chi connectivity index (χ4v) is 6.00. The monoisotopic (exact) mass is 465 g/mol. The number of aromatic nitrogens is 1. The van der Waals surface area contributed by atoms with Crippen molar-refractivity contribution in [3.05, 3.63) is 88.1 Å². The first-order chi connectivity index (χ1) is 17.1. The second-order valence-electron chi connectivity index (χ2n) is 10.1. The summed E-state index contributed by atoms with van der Waals surface area (Å²) in [6.07, 6.45) is 7.41. The van der Waals surface area contributed by atoms with Crippen molar-refractivity contribution in [2.45, 2.75) is 52.0 Å². The molecule has 0 saturated carbocycles. The zero-order chi connectivity index (χ0) is 23.9. The molecule has 3 aromatic rings. The molecule has 178 valence electrons. The van der Waals surface area contributed by atoms with Crippen LogP contribution >= 0.6 is 0 Å². The van der Waals surface area contributed by atoms with Gasteiger partial charge in [-0.15, -0.1) is 0 Å². The van der Waals surface area contributed by atoms with Crippen molar-refractivity contribution in [2.24, 2.45) is 5.92 Å². The molecule has 0 N–H and O–H groups in total. The highest BCUT2D eigenvalue weighted by Gasteiger charge is 2.31. The standard InChI is InChI=1S/C30H31N3O2/c1-2-6-21-15-24-17-26(10-11-27(24)28(21)34)33-13-5-9-22-16-25(18-31-29(22)33)30(35)32-14-12-20-7-3-4-8-23(20)19-32/h3-4,7-8,10-11,16-18,21H,2,5-6,9,12-15,19H2,1H3. The molecule has 2 aromatic carbocycles. The molecule has 6 rings (SSSR count). The first-order valence-corrected chi connectivity index (χ1v) is 12.9. The number of rotatable bonds is 4. The Labute approximate surface area is 206 Å². The molecule has 0 fully saturated rings. The predicted molar refractivity (Wildman–Crippen MR) is 137 cm³/mol. The molecule has 3 heterocycles. The van der Waals surface area contributed by atoms with E-state index in [0.717, 1.165) is 79.8 Å². The van der Waals surface area contributed by atoms with Crippen LogP contribution in [0.1, 0.15) is 69.2 Å². The Morgan fingerprint density at radius 1 is 1.00 bits per heavy atom. The summed E-state index contributed by atoms with van der Waals surface area (Å²) in [5.74, 6) is 1.43. The van der Waals surface area contributed by atoms with E-state index in [1.54, 1.807) is 6.20 Å². The van der Waals surface area contributed by atoms with E-state index >= 15 is 0 Å². The maximum Gasteiger partial charge on any atom is 0.255 e. The SMILES string of the molecule is CCCC1Cc2cc(N3CCCc4cc(C(=O)N5CCc6ccccc6C5)cnc43)ccc2C1=O. The number of hydrogen-bond acceptors (Lipinski definition) is 4. The summed E-state index contributed by atoms with van der Waals surface area (Å²) in [5.41, 5.74) is 7.52. The fourth-order valence-electron chi connectivity index (χ4n) is 6.00. The molecule has 0 spiro atoms. The van der Waals surface area contributed by atoms with Gasteiger partial charge in [-0.25, -0.2) is 4.98 Å². The molecule has 3 aliphatic rings. The second kappa shape index (κ2) is 8.95. The number of fused-ring (bicyclic) bond motifs is 3. The number of ketones is 1. The van der Waals surface area contributed by atoms with E-state index in [1.165, 1.54) is 11.1 Å². The summed E-state index contributed by atoms with van der Waals surface area (Å²) in [6.45, 7) is 4.43. The van der Waals surface area contributed by atoms with E-state index in [0.29, 0.717) is 17.9 Å². The third kappa shape index (κ3) is 3.93. The van der Waals surface area contributed by atoms with Crippen LogP contribution in [0.2, 0.25) is 0 Å². The van der Waals surface area contributed by atoms with Crippen LogP contribution in [0.4, 0.5) is 11.5 Å². The largest absolute Gasteiger partial charge is 0.334 e. The Kier molecular flexibility index (Phi) is 5.63. The Morgan fingerprint density at radius 2 is 1.86 bits per heavy atom. The van der Waals surface area contributed by atoms with Gasteiger partial charge in [0.05, 0.1) is 5.56 Å². The number of aryl methyl sites for hydroxylation is 1. The molecule has 1 unspecified atom stereocenters. The van der Waals surface area contributed by atoms with E-state index < -0.39 is 0 Å². The molecule has 2 aliphatic heterocycles. The van der Waals surface area contributed by atoms with Crippen LogP contribution in [0.15, 0.2) is 54.7 Å². The number of anilines is 2. The highest BCUT2D eigenvalue weighted by Crippen LogP contribution is 2.37. The molecule has 0 bridgehead atoms. The van der Waals surface area contributed by atoms with Gasteiger partial charge >= 0.3 is 0 Å². The lowest BCUT2D eigenvalue weighted by Gasteiger charge is -2.32. The van der Waals surface area contributed by atoms with Crippen LogP contribution in [0, 0.1) is 5.92 Å². The average Bonchev–Trinajstić information content (AvgIpc) is 3.21. The van der Waals surface area contributed by atoms with E-state index in [4.69, 9.17) is 4.98 Å². The van der Waals surface area contributed by atoms with Crippen molar-refractivity contribution in [2.75, 3.05) is 18.0 Å². The fraction of sp³-hybridized carbons (Fsp3) is 0.367. The summed E-state index contributed by atoms with van der Waals surface area (Å²) >= 11 is 0. The highest BCUT2D eigenvalue weighted by atomic mass is 16.2. The van der Waals surface area contributed by atoms with Crippen molar-refractivity contribution >= 4 is 23.2 Å². The van der Waals surface area contributed by atoms with Crippen LogP contribution in [0.25, 0.3) is 0 Å². The normalized spacial score (nSPS) is 18.8. The molecular weight excluding hydrogens is 434 g/mol. The van der Waals surface area contributed by atoms with Crippen molar-refractivity contribution < 1.29 is 9.59 Å². The molecule has 5 nitrogen and oxygen atoms in total. The molecule has 35 heavy (non-hydrogen) atoms. The zero-order valence-electron chi connectivity index (χ0n) is 20.3. The Hall–Kier alpha value is -3.47. The molecular formula is C30H31N3O2. The Balaban J connectivity index is 1.24. The Morgan fingerprint density at radius 3 is 2.71 bits per heavy atom. The molecule has 1 amide bonds. The number of hydrogen-bond donors (Lipinski definition) is 0. The molecule has 0 radical (unpaired) electrons. The van der Waals surface area contributed by atoms with Gasteiger partial charge in [0.2, 0.25) is 0 Å². The van der Waals surface area contributed by atoms with Crippen LogP contribution < -0.4 is 4.90 Å². The molecule has 5 heteroatoms. The van der Waals surface area contributed by atoms with Gasteiger partial charge in [0.15, 0.2) is 5.78 Å². The van der Waals surface area contributed by atoms with Crippen LogP contribution in [0.3, 0.4) is 0 Å². The smallest absolute Gasteiger partial charge is 0.255 e. The predicted octanol–water partition coefficient (Wildman–Crippen LogP) is 5.52. The third-order valence-electron chi connectivity index (χ3n) is 7.83. The van der Waals surface area contributed by atoms with Gasteiger partial charge in [-0.3, -0.25) is 9.59 Å². The number of amides is 1. The van der Waals surface area contributed by atoms with E-state index in [-0.39, 0.29) is 11.8 Å². The maximum atomic E-state index is 13.3. The minimum absolute atomic E-state index is 0.0601. The van der Waals surface area contributed by atoms with Gasteiger partial charge in [0.1, 0.15) is 5.82 Å². The number of nitrogens with zero attached hydrogens (tertiary/aromatic N) is 3. The maximum absolute atomic E-state index is 13.3. The lowest BCUT2D eigenvalue weighted by molar-refractivity contribution is 0.0734. The zero-order valence-corrected chi connectivity index (χ0v) is 20.3. The van der Waals surface area contributed by atoms with E-state index in [2.05, 4.69) is 42.2 Å². The van der Waals surface area contributed by atoms with Crippen molar-refractivity contribution in [3.8, 4) is 0 Å². The number of carbonyl (C=O) groups excluding carboxylic acids is 2. The van der Waals surface area contributed by atoms with Gasteiger partial charge in [0.25, 0.3) is 5.91 Å². The van der Waals surface area contributed by atoms with Crippen molar-refractivity contribution in [1.29, 1.82) is 0 Å². The lowest BCUT2D eigenvalue weighted by Crippen LogP contribution is -2.36. The topological polar surface area (TPSA) is 53.5 Å². The average molecular weight is 466 g/mol. The molecule has 1 aromatic heterocycles. The second-order valence-corrected chi connectivity index (χ2v) is 10.1. The minimum atomic E-state index is 0.0601. The Bertz CT molecular complexity index is 1310. The summed E-state index contributed by atoms with van der Waals surface area (Å²) in [4.78, 5) is 35.0. The van der Waals surface area contributed by atoms with Crippen molar-refractivity contribution in [1.82, 2.24) is 9.88 Å².